The van der Waals surface area contributed by atoms with E-state index in [9.17, 15) is 9.59 Å². The largest absolute Gasteiger partial charge is 0.465 e. The Balaban J connectivity index is 2.33. The summed E-state index contributed by atoms with van der Waals surface area (Å²) in [5, 5.41) is 0. The Morgan fingerprint density at radius 3 is 2.23 bits per heavy atom. The van der Waals surface area contributed by atoms with Crippen LogP contribution in [0.1, 0.15) is 80.6 Å². The third-order valence-corrected chi connectivity index (χ3v) is 5.05. The molecular formula is C27H36O4. The zero-order valence-corrected chi connectivity index (χ0v) is 20.0. The molecule has 0 N–H and O–H groups in total. The van der Waals surface area contributed by atoms with Crippen molar-refractivity contribution in [3.05, 3.63) is 64.2 Å². The highest BCUT2D eigenvalue weighted by Crippen LogP contribution is 2.32. The molecule has 0 unspecified atom stereocenters. The number of aryl methyl sites for hydroxylation is 2. The van der Waals surface area contributed by atoms with Crippen LogP contribution in [0.15, 0.2) is 36.4 Å². The third-order valence-electron chi connectivity index (χ3n) is 5.05. The van der Waals surface area contributed by atoms with Gasteiger partial charge in [-0.25, -0.2) is 4.79 Å². The molecule has 2 aromatic carbocycles. The average molecular weight is 425 g/mol. The molecule has 0 radical (unpaired) electrons. The molecule has 4 heteroatoms. The Labute approximate surface area is 187 Å². The van der Waals surface area contributed by atoms with Crippen LogP contribution in [0.25, 0.3) is 0 Å². The second kappa shape index (κ2) is 10.6. The van der Waals surface area contributed by atoms with Crippen molar-refractivity contribution in [3.8, 4) is 5.75 Å². The molecule has 2 aromatic rings. The van der Waals surface area contributed by atoms with Gasteiger partial charge in [0, 0.05) is 5.56 Å². The fourth-order valence-corrected chi connectivity index (χ4v) is 3.27. The molecule has 4 nitrogen and oxygen atoms in total. The van der Waals surface area contributed by atoms with Crippen LogP contribution >= 0.6 is 0 Å². The number of rotatable bonds is 8. The van der Waals surface area contributed by atoms with Gasteiger partial charge in [0.05, 0.1) is 18.6 Å². The van der Waals surface area contributed by atoms with Gasteiger partial charge >= 0.3 is 11.9 Å². The Morgan fingerprint density at radius 1 is 1.03 bits per heavy atom. The van der Waals surface area contributed by atoms with Crippen molar-refractivity contribution in [2.24, 2.45) is 5.92 Å². The van der Waals surface area contributed by atoms with E-state index in [-0.39, 0.29) is 23.7 Å². The predicted octanol–water partition coefficient (Wildman–Crippen LogP) is 6.21. The van der Waals surface area contributed by atoms with Crippen LogP contribution in [0.2, 0.25) is 0 Å². The van der Waals surface area contributed by atoms with E-state index in [2.05, 4.69) is 27.7 Å². The molecule has 168 valence electrons. The number of hydrogen-bond donors (Lipinski definition) is 0. The fraction of sp³-hybridized carbons (Fsp3) is 0.481. The third kappa shape index (κ3) is 7.23. The molecular weight excluding hydrogens is 388 g/mol. The van der Waals surface area contributed by atoms with Gasteiger partial charge in [0.25, 0.3) is 0 Å². The summed E-state index contributed by atoms with van der Waals surface area (Å²) in [4.78, 5) is 25.3. The monoisotopic (exact) mass is 424 g/mol. The van der Waals surface area contributed by atoms with E-state index in [4.69, 9.17) is 9.47 Å². The molecule has 0 aliphatic rings. The van der Waals surface area contributed by atoms with Gasteiger partial charge in [0.15, 0.2) is 0 Å². The van der Waals surface area contributed by atoms with Crippen LogP contribution < -0.4 is 4.74 Å². The predicted molar refractivity (Wildman–Crippen MR) is 125 cm³/mol. The van der Waals surface area contributed by atoms with Gasteiger partial charge in [0.2, 0.25) is 0 Å². The smallest absolute Gasteiger partial charge is 0.343 e. The summed E-state index contributed by atoms with van der Waals surface area (Å²) in [6, 6.07) is 11.5. The summed E-state index contributed by atoms with van der Waals surface area (Å²) in [6.45, 7) is 14.7. The zero-order chi connectivity index (χ0) is 23.2. The van der Waals surface area contributed by atoms with Crippen LogP contribution in [0.4, 0.5) is 0 Å². The van der Waals surface area contributed by atoms with Crippen LogP contribution in [0.3, 0.4) is 0 Å². The summed E-state index contributed by atoms with van der Waals surface area (Å²) in [5.74, 6) is -0.0384. The second-order valence-corrected chi connectivity index (χ2v) is 9.62. The molecule has 2 rings (SSSR count). The highest BCUT2D eigenvalue weighted by atomic mass is 16.5. The number of ether oxygens (including phenoxy) is 2. The zero-order valence-electron chi connectivity index (χ0n) is 20.0. The van der Waals surface area contributed by atoms with Crippen molar-refractivity contribution in [2.75, 3.05) is 6.61 Å². The Kier molecular flexibility index (Phi) is 8.43. The van der Waals surface area contributed by atoms with Crippen LogP contribution in [0.5, 0.6) is 5.75 Å². The van der Waals surface area contributed by atoms with E-state index >= 15 is 0 Å². The average Bonchev–Trinajstić information content (AvgIpc) is 2.68. The van der Waals surface area contributed by atoms with Crippen LogP contribution in [-0.2, 0) is 27.8 Å². The number of carbonyl (C=O) groups excluding carboxylic acids is 2. The van der Waals surface area contributed by atoms with Gasteiger partial charge in [0.1, 0.15) is 5.75 Å². The van der Waals surface area contributed by atoms with Gasteiger partial charge in [-0.1, -0.05) is 72.2 Å². The standard InChI is InChI=1S/C27H36O4/c1-8-9-20-10-12-21(13-11-20)26(29)31-25-19(4)14-23(27(5,6)7)15-22(25)16-24(28)30-17-18(2)3/h10-15,18H,8-9,16-17H2,1-7H3. The van der Waals surface area contributed by atoms with Crippen molar-refractivity contribution in [3.63, 3.8) is 0 Å². The summed E-state index contributed by atoms with van der Waals surface area (Å²) < 4.78 is 11.2. The quantitative estimate of drug-likeness (QED) is 0.374. The molecule has 0 heterocycles. The van der Waals surface area contributed by atoms with E-state index < -0.39 is 5.97 Å². The lowest BCUT2D eigenvalue weighted by Crippen LogP contribution is -2.18. The minimum Gasteiger partial charge on any atom is -0.465 e. The Bertz CT molecular complexity index is 902. The number of carbonyl (C=O) groups is 2. The molecule has 0 bridgehead atoms. The maximum absolute atomic E-state index is 12.8. The molecule has 0 saturated carbocycles. The van der Waals surface area contributed by atoms with E-state index in [1.54, 1.807) is 12.1 Å². The number of hydrogen-bond acceptors (Lipinski definition) is 4. The first kappa shape index (κ1) is 24.6. The highest BCUT2D eigenvalue weighted by molar-refractivity contribution is 5.91. The summed E-state index contributed by atoms with van der Waals surface area (Å²) in [7, 11) is 0. The molecule has 0 spiro atoms. The Hall–Kier alpha value is -2.62. The van der Waals surface area contributed by atoms with Gasteiger partial charge in [-0.05, 0) is 53.5 Å². The lowest BCUT2D eigenvalue weighted by atomic mass is 9.84. The minimum absolute atomic E-state index is 0.0650. The molecule has 0 aromatic heterocycles. The molecule has 31 heavy (non-hydrogen) atoms. The van der Waals surface area contributed by atoms with Crippen molar-refractivity contribution < 1.29 is 19.1 Å². The maximum atomic E-state index is 12.8. The SMILES string of the molecule is CCCc1ccc(C(=O)Oc2c(C)cc(C(C)(C)C)cc2CC(=O)OCC(C)C)cc1. The van der Waals surface area contributed by atoms with Gasteiger partial charge < -0.3 is 9.47 Å². The number of benzene rings is 2. The molecule has 0 aliphatic carbocycles. The molecule has 0 saturated heterocycles. The topological polar surface area (TPSA) is 52.6 Å². The fourth-order valence-electron chi connectivity index (χ4n) is 3.27. The summed E-state index contributed by atoms with van der Waals surface area (Å²) in [6.07, 6.45) is 2.10. The lowest BCUT2D eigenvalue weighted by Gasteiger charge is -2.23. The lowest BCUT2D eigenvalue weighted by molar-refractivity contribution is -0.143. The van der Waals surface area contributed by atoms with E-state index in [1.807, 2.05) is 45.0 Å². The summed E-state index contributed by atoms with van der Waals surface area (Å²) >= 11 is 0. The second-order valence-electron chi connectivity index (χ2n) is 9.62. The first-order chi connectivity index (χ1) is 14.5. The van der Waals surface area contributed by atoms with Gasteiger partial charge in [-0.3, -0.25) is 4.79 Å². The molecule has 0 atom stereocenters. The number of esters is 2. The van der Waals surface area contributed by atoms with Crippen molar-refractivity contribution in [1.29, 1.82) is 0 Å². The highest BCUT2D eigenvalue weighted by Gasteiger charge is 2.22. The van der Waals surface area contributed by atoms with Crippen molar-refractivity contribution in [1.82, 2.24) is 0 Å². The summed E-state index contributed by atoms with van der Waals surface area (Å²) in [5.41, 5.74) is 4.18. The molecule has 0 fully saturated rings. The normalized spacial score (nSPS) is 11.5. The minimum atomic E-state index is -0.425. The maximum Gasteiger partial charge on any atom is 0.343 e. The first-order valence-electron chi connectivity index (χ1n) is 11.1. The molecule has 0 aliphatic heterocycles. The van der Waals surface area contributed by atoms with E-state index in [0.717, 1.165) is 24.0 Å². The van der Waals surface area contributed by atoms with Gasteiger partial charge in [-0.2, -0.15) is 0 Å². The van der Waals surface area contributed by atoms with Crippen LogP contribution in [-0.4, -0.2) is 18.5 Å². The molecule has 0 amide bonds. The van der Waals surface area contributed by atoms with E-state index in [1.165, 1.54) is 5.56 Å². The van der Waals surface area contributed by atoms with Gasteiger partial charge in [-0.15, -0.1) is 0 Å². The van der Waals surface area contributed by atoms with Crippen molar-refractivity contribution >= 4 is 11.9 Å². The van der Waals surface area contributed by atoms with Crippen molar-refractivity contribution in [2.45, 2.75) is 73.1 Å². The first-order valence-corrected chi connectivity index (χ1v) is 11.1. The van der Waals surface area contributed by atoms with Crippen LogP contribution in [0, 0.1) is 12.8 Å². The Morgan fingerprint density at radius 2 is 1.68 bits per heavy atom. The van der Waals surface area contributed by atoms with E-state index in [0.29, 0.717) is 23.5 Å².